The summed E-state index contributed by atoms with van der Waals surface area (Å²) in [5.41, 5.74) is 0.689. The first kappa shape index (κ1) is 16.5. The van der Waals surface area contributed by atoms with E-state index in [1.165, 1.54) is 0 Å². The smallest absolute Gasteiger partial charge is 0.244 e. The van der Waals surface area contributed by atoms with E-state index in [4.69, 9.17) is 9.15 Å². The molecule has 1 aliphatic carbocycles. The Balaban J connectivity index is 2.31. The number of sulfonamides is 1. The molecule has 1 aromatic rings. The quantitative estimate of drug-likeness (QED) is 0.830. The standard InChI is InChI=1S/C14H24N2O4S/c1-9-11(8-15-3)14(10(2)20-9)21(17,18)16-12-6-5-7-13(12)19-4/h12-13,15-16H,5-8H2,1-4H3. The van der Waals surface area contributed by atoms with Crippen LogP contribution in [0, 0.1) is 13.8 Å². The van der Waals surface area contributed by atoms with Gasteiger partial charge >= 0.3 is 0 Å². The second-order valence-electron chi connectivity index (χ2n) is 5.49. The fourth-order valence-electron chi connectivity index (χ4n) is 3.04. The van der Waals surface area contributed by atoms with Gasteiger partial charge in [0.2, 0.25) is 10.0 Å². The average molecular weight is 316 g/mol. The molecule has 7 heteroatoms. The summed E-state index contributed by atoms with van der Waals surface area (Å²) in [7, 11) is -0.210. The van der Waals surface area contributed by atoms with Gasteiger partial charge in [0, 0.05) is 25.3 Å². The van der Waals surface area contributed by atoms with E-state index < -0.39 is 10.0 Å². The monoisotopic (exact) mass is 316 g/mol. The van der Waals surface area contributed by atoms with E-state index in [1.807, 2.05) is 0 Å². The zero-order valence-corrected chi connectivity index (χ0v) is 13.8. The van der Waals surface area contributed by atoms with Crippen molar-refractivity contribution in [2.24, 2.45) is 0 Å². The molecule has 0 aliphatic heterocycles. The summed E-state index contributed by atoms with van der Waals surface area (Å²) in [5, 5.41) is 2.99. The van der Waals surface area contributed by atoms with E-state index in [0.717, 1.165) is 19.3 Å². The Bertz CT molecular complexity index is 594. The Morgan fingerprint density at radius 1 is 1.29 bits per heavy atom. The number of hydrogen-bond donors (Lipinski definition) is 2. The summed E-state index contributed by atoms with van der Waals surface area (Å²) in [6.07, 6.45) is 2.60. The van der Waals surface area contributed by atoms with E-state index in [9.17, 15) is 8.42 Å². The SMILES string of the molecule is CNCc1c(C)oc(C)c1S(=O)(=O)NC1CCCC1OC. The number of ether oxygens (including phenoxy) is 1. The predicted molar refractivity (Wildman–Crippen MR) is 79.7 cm³/mol. The maximum Gasteiger partial charge on any atom is 0.244 e. The summed E-state index contributed by atoms with van der Waals surface area (Å²) in [6, 6.07) is -0.169. The highest BCUT2D eigenvalue weighted by atomic mass is 32.2. The molecule has 1 aliphatic rings. The van der Waals surface area contributed by atoms with Crippen LogP contribution >= 0.6 is 0 Å². The zero-order chi connectivity index (χ0) is 15.6. The molecule has 0 spiro atoms. The van der Waals surface area contributed by atoms with Gasteiger partial charge in [-0.15, -0.1) is 0 Å². The summed E-state index contributed by atoms with van der Waals surface area (Å²) in [6.45, 7) is 3.92. The lowest BCUT2D eigenvalue weighted by Crippen LogP contribution is -2.41. The van der Waals surface area contributed by atoms with Gasteiger partial charge in [0.1, 0.15) is 16.4 Å². The number of nitrogens with one attached hydrogen (secondary N) is 2. The van der Waals surface area contributed by atoms with Crippen LogP contribution in [0.25, 0.3) is 0 Å². The second kappa shape index (κ2) is 6.48. The van der Waals surface area contributed by atoms with Gasteiger partial charge in [-0.05, 0) is 40.2 Å². The molecular weight excluding hydrogens is 292 g/mol. The first-order valence-electron chi connectivity index (χ1n) is 7.19. The summed E-state index contributed by atoms with van der Waals surface area (Å²) in [4.78, 5) is 0.260. The van der Waals surface area contributed by atoms with Gasteiger partial charge in [-0.25, -0.2) is 13.1 Å². The molecule has 2 rings (SSSR count). The molecule has 2 atom stereocenters. The largest absolute Gasteiger partial charge is 0.465 e. The molecular formula is C14H24N2O4S. The molecule has 21 heavy (non-hydrogen) atoms. The Hall–Kier alpha value is -0.890. The summed E-state index contributed by atoms with van der Waals surface area (Å²) >= 11 is 0. The van der Waals surface area contributed by atoms with Crippen molar-refractivity contribution in [3.05, 3.63) is 17.1 Å². The van der Waals surface area contributed by atoms with E-state index in [0.29, 0.717) is 23.6 Å². The van der Waals surface area contributed by atoms with Crippen LogP contribution in [-0.2, 0) is 21.3 Å². The number of aryl methyl sites for hydroxylation is 2. The van der Waals surface area contributed by atoms with Crippen molar-refractivity contribution in [1.29, 1.82) is 0 Å². The van der Waals surface area contributed by atoms with Crippen molar-refractivity contribution in [3.8, 4) is 0 Å². The van der Waals surface area contributed by atoms with Crippen LogP contribution in [0.4, 0.5) is 0 Å². The van der Waals surface area contributed by atoms with Gasteiger partial charge in [0.15, 0.2) is 0 Å². The third kappa shape index (κ3) is 3.31. The molecule has 1 fully saturated rings. The maximum atomic E-state index is 12.7. The third-order valence-corrected chi connectivity index (χ3v) is 5.69. The number of methoxy groups -OCH3 is 1. The first-order valence-corrected chi connectivity index (χ1v) is 8.67. The van der Waals surface area contributed by atoms with Crippen LogP contribution in [0.5, 0.6) is 0 Å². The molecule has 120 valence electrons. The van der Waals surface area contributed by atoms with Crippen molar-refractivity contribution < 1.29 is 17.6 Å². The predicted octanol–water partition coefficient (Wildman–Crippen LogP) is 1.46. The van der Waals surface area contributed by atoms with Gasteiger partial charge in [0.25, 0.3) is 0 Å². The van der Waals surface area contributed by atoms with Crippen LogP contribution in [0.15, 0.2) is 9.31 Å². The third-order valence-electron chi connectivity index (χ3n) is 4.01. The molecule has 1 heterocycles. The average Bonchev–Trinajstić information content (AvgIpc) is 2.94. The van der Waals surface area contributed by atoms with Gasteiger partial charge in [-0.3, -0.25) is 0 Å². The van der Waals surface area contributed by atoms with Crippen LogP contribution in [0.2, 0.25) is 0 Å². The Labute approximate surface area is 126 Å². The lowest BCUT2D eigenvalue weighted by molar-refractivity contribution is 0.0916. The fraction of sp³-hybridized carbons (Fsp3) is 0.714. The van der Waals surface area contributed by atoms with Crippen molar-refractivity contribution in [2.75, 3.05) is 14.2 Å². The van der Waals surface area contributed by atoms with E-state index >= 15 is 0 Å². The highest BCUT2D eigenvalue weighted by Gasteiger charge is 2.34. The van der Waals surface area contributed by atoms with E-state index in [2.05, 4.69) is 10.0 Å². The molecule has 0 amide bonds. The van der Waals surface area contributed by atoms with Crippen LogP contribution in [0.3, 0.4) is 0 Å². The van der Waals surface area contributed by atoms with Gasteiger partial charge in [0.05, 0.1) is 6.10 Å². The molecule has 1 aromatic heterocycles. The van der Waals surface area contributed by atoms with E-state index in [1.54, 1.807) is 28.0 Å². The Morgan fingerprint density at radius 2 is 2.00 bits per heavy atom. The van der Waals surface area contributed by atoms with Crippen LogP contribution < -0.4 is 10.0 Å². The molecule has 1 saturated carbocycles. The van der Waals surface area contributed by atoms with Crippen molar-refractivity contribution >= 4 is 10.0 Å². The summed E-state index contributed by atoms with van der Waals surface area (Å²) < 4.78 is 39.1. The fourth-order valence-corrected chi connectivity index (χ4v) is 4.79. The molecule has 2 N–H and O–H groups in total. The second-order valence-corrected chi connectivity index (χ2v) is 7.14. The molecule has 0 radical (unpaired) electrons. The minimum atomic E-state index is -3.61. The van der Waals surface area contributed by atoms with Crippen LogP contribution in [-0.4, -0.2) is 34.7 Å². The molecule has 2 unspecified atom stereocenters. The lowest BCUT2D eigenvalue weighted by atomic mass is 10.2. The highest BCUT2D eigenvalue weighted by Crippen LogP contribution is 2.29. The number of furan rings is 1. The van der Waals surface area contributed by atoms with Crippen molar-refractivity contribution in [1.82, 2.24) is 10.0 Å². The molecule has 6 nitrogen and oxygen atoms in total. The lowest BCUT2D eigenvalue weighted by Gasteiger charge is -2.19. The molecule has 0 bridgehead atoms. The van der Waals surface area contributed by atoms with Crippen LogP contribution in [0.1, 0.15) is 36.3 Å². The number of hydrogen-bond acceptors (Lipinski definition) is 5. The Kier molecular flexibility index (Phi) is 5.08. The minimum Gasteiger partial charge on any atom is -0.465 e. The summed E-state index contributed by atoms with van der Waals surface area (Å²) in [5.74, 6) is 1.06. The van der Waals surface area contributed by atoms with Crippen molar-refractivity contribution in [2.45, 2.75) is 56.7 Å². The molecule has 0 saturated heterocycles. The maximum absolute atomic E-state index is 12.7. The van der Waals surface area contributed by atoms with E-state index in [-0.39, 0.29) is 17.0 Å². The number of rotatable bonds is 6. The first-order chi connectivity index (χ1) is 9.90. The molecule has 0 aromatic carbocycles. The normalized spacial score (nSPS) is 22.9. The van der Waals surface area contributed by atoms with Gasteiger partial charge in [-0.1, -0.05) is 0 Å². The highest BCUT2D eigenvalue weighted by molar-refractivity contribution is 7.89. The zero-order valence-electron chi connectivity index (χ0n) is 13.0. The van der Waals surface area contributed by atoms with Crippen molar-refractivity contribution in [3.63, 3.8) is 0 Å². The Morgan fingerprint density at radius 3 is 2.62 bits per heavy atom. The van der Waals surface area contributed by atoms with Gasteiger partial charge < -0.3 is 14.5 Å². The van der Waals surface area contributed by atoms with Gasteiger partial charge in [-0.2, -0.15) is 0 Å². The topological polar surface area (TPSA) is 80.6 Å². The minimum absolute atomic E-state index is 0.0548.